The number of rotatable bonds is 8. The van der Waals surface area contributed by atoms with Crippen molar-refractivity contribution >= 4 is 40.9 Å². The van der Waals surface area contributed by atoms with Gasteiger partial charge < -0.3 is 24.8 Å². The molecule has 0 bridgehead atoms. The predicted octanol–water partition coefficient (Wildman–Crippen LogP) is 4.87. The summed E-state index contributed by atoms with van der Waals surface area (Å²) < 4.78 is 15.8. The SMILES string of the molecule is COc1ccc(NC2=C(Sc3ccc(NC(=O)c4ccc5c(c4)OCO5)cc3)C(=O)N(C(C)C)C2=O)cc1. The second-order valence-electron chi connectivity index (χ2n) is 8.78. The van der Waals surface area contributed by atoms with E-state index in [9.17, 15) is 14.4 Å². The van der Waals surface area contributed by atoms with Gasteiger partial charge in [0, 0.05) is 27.9 Å². The van der Waals surface area contributed by atoms with E-state index in [4.69, 9.17) is 14.2 Å². The van der Waals surface area contributed by atoms with Gasteiger partial charge in [-0.05, 0) is 80.6 Å². The van der Waals surface area contributed by atoms with Gasteiger partial charge in [0.2, 0.25) is 6.79 Å². The van der Waals surface area contributed by atoms with Gasteiger partial charge in [-0.25, -0.2) is 0 Å². The number of amides is 3. The van der Waals surface area contributed by atoms with Gasteiger partial charge in [0.15, 0.2) is 11.5 Å². The number of nitrogens with one attached hydrogen (secondary N) is 2. The zero-order chi connectivity index (χ0) is 26.8. The first-order valence-electron chi connectivity index (χ1n) is 11.9. The molecule has 0 saturated heterocycles. The van der Waals surface area contributed by atoms with Gasteiger partial charge in [-0.3, -0.25) is 19.3 Å². The zero-order valence-corrected chi connectivity index (χ0v) is 21.8. The van der Waals surface area contributed by atoms with E-state index < -0.39 is 0 Å². The van der Waals surface area contributed by atoms with Gasteiger partial charge in [-0.1, -0.05) is 11.8 Å². The standard InChI is InChI=1S/C28H25N3O6S/c1-16(2)31-27(33)24(29-18-5-9-20(35-3)10-6-18)25(28(31)34)38-21-11-7-19(8-12-21)30-26(32)17-4-13-22-23(14-17)37-15-36-22/h4-14,16,29H,15H2,1-3H3,(H,30,32). The molecule has 2 heterocycles. The Hall–Kier alpha value is -4.44. The second kappa shape index (κ2) is 10.5. The minimum atomic E-state index is -0.379. The van der Waals surface area contributed by atoms with E-state index in [1.165, 1.54) is 16.7 Å². The monoisotopic (exact) mass is 531 g/mol. The molecular formula is C28H25N3O6S. The van der Waals surface area contributed by atoms with Crippen LogP contribution in [0.25, 0.3) is 0 Å². The largest absolute Gasteiger partial charge is 0.497 e. The number of methoxy groups -OCH3 is 1. The maximum Gasteiger partial charge on any atom is 0.278 e. The van der Waals surface area contributed by atoms with Crippen molar-refractivity contribution in [3.8, 4) is 17.2 Å². The third-order valence-corrected chi connectivity index (χ3v) is 7.01. The van der Waals surface area contributed by atoms with Crippen molar-refractivity contribution in [2.45, 2.75) is 24.8 Å². The van der Waals surface area contributed by atoms with Gasteiger partial charge in [0.05, 0.1) is 7.11 Å². The molecule has 0 aromatic heterocycles. The highest BCUT2D eigenvalue weighted by Gasteiger charge is 2.40. The molecule has 3 aromatic carbocycles. The fourth-order valence-corrected chi connectivity index (χ4v) is 4.92. The Morgan fingerprint density at radius 2 is 1.61 bits per heavy atom. The summed E-state index contributed by atoms with van der Waals surface area (Å²) in [6.45, 7) is 3.73. The lowest BCUT2D eigenvalue weighted by Gasteiger charge is -2.19. The lowest BCUT2D eigenvalue weighted by Crippen LogP contribution is -2.38. The van der Waals surface area contributed by atoms with Crippen LogP contribution in [0.4, 0.5) is 11.4 Å². The zero-order valence-electron chi connectivity index (χ0n) is 20.9. The summed E-state index contributed by atoms with van der Waals surface area (Å²) in [5, 5.41) is 5.97. The van der Waals surface area contributed by atoms with Gasteiger partial charge in [0.25, 0.3) is 17.7 Å². The number of fused-ring (bicyclic) bond motifs is 1. The summed E-state index contributed by atoms with van der Waals surface area (Å²) >= 11 is 1.19. The van der Waals surface area contributed by atoms with E-state index in [1.54, 1.807) is 87.7 Å². The number of hydrogen-bond donors (Lipinski definition) is 2. The number of thioether (sulfide) groups is 1. The van der Waals surface area contributed by atoms with Crippen LogP contribution < -0.4 is 24.8 Å². The smallest absolute Gasteiger partial charge is 0.278 e. The Morgan fingerprint density at radius 1 is 0.921 bits per heavy atom. The Bertz CT molecular complexity index is 1430. The van der Waals surface area contributed by atoms with Gasteiger partial charge >= 0.3 is 0 Å². The van der Waals surface area contributed by atoms with Gasteiger partial charge in [0.1, 0.15) is 16.4 Å². The van der Waals surface area contributed by atoms with E-state index in [0.29, 0.717) is 39.1 Å². The Kier molecular flexibility index (Phi) is 6.97. The molecule has 3 aromatic rings. The maximum absolute atomic E-state index is 13.2. The van der Waals surface area contributed by atoms with Crippen LogP contribution in [0, 0.1) is 0 Å². The average molecular weight is 532 g/mol. The number of carbonyl (C=O) groups is 3. The molecule has 10 heteroatoms. The number of carbonyl (C=O) groups excluding carboxylic acids is 3. The van der Waals surface area contributed by atoms with Crippen molar-refractivity contribution in [2.24, 2.45) is 0 Å². The van der Waals surface area contributed by atoms with Crippen LogP contribution in [0.3, 0.4) is 0 Å². The molecule has 0 atom stereocenters. The van der Waals surface area contributed by atoms with Crippen molar-refractivity contribution in [1.82, 2.24) is 4.90 Å². The van der Waals surface area contributed by atoms with E-state index in [1.807, 2.05) is 0 Å². The molecule has 3 amide bonds. The summed E-state index contributed by atoms with van der Waals surface area (Å²) in [7, 11) is 1.58. The maximum atomic E-state index is 13.2. The lowest BCUT2D eigenvalue weighted by molar-refractivity contribution is -0.139. The quantitative estimate of drug-likeness (QED) is 0.397. The molecular weight excluding hydrogens is 506 g/mol. The Morgan fingerprint density at radius 3 is 2.29 bits per heavy atom. The topological polar surface area (TPSA) is 106 Å². The molecule has 0 fully saturated rings. The molecule has 0 unspecified atom stereocenters. The van der Waals surface area contributed by atoms with Crippen molar-refractivity contribution in [1.29, 1.82) is 0 Å². The van der Waals surface area contributed by atoms with E-state index >= 15 is 0 Å². The van der Waals surface area contributed by atoms with Crippen LogP contribution >= 0.6 is 11.8 Å². The molecule has 0 radical (unpaired) electrons. The predicted molar refractivity (Wildman–Crippen MR) is 143 cm³/mol. The lowest BCUT2D eigenvalue weighted by atomic mass is 10.2. The van der Waals surface area contributed by atoms with E-state index in [2.05, 4.69) is 10.6 Å². The molecule has 9 nitrogen and oxygen atoms in total. The fraction of sp³-hybridized carbons (Fsp3) is 0.179. The van der Waals surface area contributed by atoms with E-state index in [0.717, 1.165) is 4.90 Å². The summed E-state index contributed by atoms with van der Waals surface area (Å²) in [4.78, 5) is 41.3. The van der Waals surface area contributed by atoms with Crippen LogP contribution in [-0.2, 0) is 9.59 Å². The van der Waals surface area contributed by atoms with Crippen LogP contribution in [0.1, 0.15) is 24.2 Å². The second-order valence-corrected chi connectivity index (χ2v) is 9.86. The van der Waals surface area contributed by atoms with Crippen LogP contribution in [0.5, 0.6) is 17.2 Å². The van der Waals surface area contributed by atoms with Crippen molar-refractivity contribution < 1.29 is 28.6 Å². The average Bonchev–Trinajstić information content (AvgIpc) is 3.48. The number of nitrogens with zero attached hydrogens (tertiary/aromatic N) is 1. The first-order chi connectivity index (χ1) is 18.3. The van der Waals surface area contributed by atoms with Gasteiger partial charge in [-0.15, -0.1) is 0 Å². The highest BCUT2D eigenvalue weighted by Crippen LogP contribution is 2.37. The highest BCUT2D eigenvalue weighted by atomic mass is 32.2. The van der Waals surface area contributed by atoms with Crippen LogP contribution in [-0.4, -0.2) is 42.6 Å². The third-order valence-electron chi connectivity index (χ3n) is 5.92. The molecule has 2 N–H and O–H groups in total. The number of anilines is 2. The minimum Gasteiger partial charge on any atom is -0.497 e. The van der Waals surface area contributed by atoms with Crippen molar-refractivity contribution in [3.63, 3.8) is 0 Å². The molecule has 2 aliphatic heterocycles. The number of hydrogen-bond acceptors (Lipinski definition) is 8. The number of ether oxygens (including phenoxy) is 3. The summed E-state index contributed by atoms with van der Waals surface area (Å²) in [6.07, 6.45) is 0. The molecule has 0 aliphatic carbocycles. The molecule has 0 spiro atoms. The van der Waals surface area contributed by atoms with Crippen LogP contribution in [0.2, 0.25) is 0 Å². The first-order valence-corrected chi connectivity index (χ1v) is 12.7. The number of benzene rings is 3. The molecule has 38 heavy (non-hydrogen) atoms. The molecule has 194 valence electrons. The number of imide groups is 1. The first kappa shape index (κ1) is 25.2. The summed E-state index contributed by atoms with van der Waals surface area (Å²) in [5.74, 6) is 0.795. The minimum absolute atomic E-state index is 0.135. The molecule has 0 saturated carbocycles. The Labute approximate surface area is 223 Å². The van der Waals surface area contributed by atoms with Gasteiger partial charge in [-0.2, -0.15) is 0 Å². The Balaban J connectivity index is 1.33. The summed E-state index contributed by atoms with van der Waals surface area (Å²) in [6, 6.07) is 18.9. The van der Waals surface area contributed by atoms with E-state index in [-0.39, 0.29) is 36.3 Å². The van der Waals surface area contributed by atoms with Crippen molar-refractivity contribution in [2.75, 3.05) is 24.5 Å². The van der Waals surface area contributed by atoms with Crippen LogP contribution in [0.15, 0.2) is 82.2 Å². The molecule has 2 aliphatic rings. The highest BCUT2D eigenvalue weighted by molar-refractivity contribution is 8.04. The normalized spacial score (nSPS) is 14.4. The van der Waals surface area contributed by atoms with Crippen molar-refractivity contribution in [3.05, 3.63) is 82.9 Å². The summed E-state index contributed by atoms with van der Waals surface area (Å²) in [5.41, 5.74) is 1.91. The third kappa shape index (κ3) is 5.03. The fourth-order valence-electron chi connectivity index (χ4n) is 3.98. The molecule has 5 rings (SSSR count).